The summed E-state index contributed by atoms with van der Waals surface area (Å²) in [4.78, 5) is 26.8. The molecule has 0 saturated carbocycles. The molecule has 0 atom stereocenters. The number of amides is 2. The Balaban J connectivity index is 1.39. The van der Waals surface area contributed by atoms with E-state index in [2.05, 4.69) is 17.4 Å². The molecule has 1 aliphatic rings. The molecule has 1 heterocycles. The van der Waals surface area contributed by atoms with E-state index in [1.807, 2.05) is 47.4 Å². The zero-order valence-electron chi connectivity index (χ0n) is 16.4. The van der Waals surface area contributed by atoms with Gasteiger partial charge in [-0.1, -0.05) is 42.5 Å². The lowest BCUT2D eigenvalue weighted by Gasteiger charge is -2.31. The van der Waals surface area contributed by atoms with Crippen molar-refractivity contribution in [3.8, 4) is 5.75 Å². The Kier molecular flexibility index (Phi) is 7.06. The summed E-state index contributed by atoms with van der Waals surface area (Å²) in [5, 5.41) is 3.04. The second kappa shape index (κ2) is 9.93. The largest absolute Gasteiger partial charge is 0.497 e. The molecule has 0 spiro atoms. The Morgan fingerprint density at radius 1 is 1.00 bits per heavy atom. The summed E-state index contributed by atoms with van der Waals surface area (Å²) in [7, 11) is 1.63. The van der Waals surface area contributed by atoms with Crippen molar-refractivity contribution in [2.24, 2.45) is 5.92 Å². The number of carbonyl (C=O) groups is 2. The quantitative estimate of drug-likeness (QED) is 0.804. The van der Waals surface area contributed by atoms with Crippen molar-refractivity contribution in [2.75, 3.05) is 26.7 Å². The predicted molar refractivity (Wildman–Crippen MR) is 109 cm³/mol. The van der Waals surface area contributed by atoms with E-state index >= 15 is 0 Å². The first-order valence-corrected chi connectivity index (χ1v) is 9.88. The Morgan fingerprint density at radius 3 is 2.32 bits per heavy atom. The highest BCUT2D eigenvalue weighted by molar-refractivity contribution is 5.81. The van der Waals surface area contributed by atoms with E-state index in [1.165, 1.54) is 5.56 Å². The highest BCUT2D eigenvalue weighted by Gasteiger charge is 2.27. The molecule has 2 aromatic carbocycles. The smallest absolute Gasteiger partial charge is 0.226 e. The van der Waals surface area contributed by atoms with Crippen LogP contribution in [0.25, 0.3) is 0 Å². The maximum absolute atomic E-state index is 12.5. The highest BCUT2D eigenvalue weighted by Crippen LogP contribution is 2.19. The number of nitrogens with zero attached hydrogens (tertiary/aromatic N) is 1. The summed E-state index contributed by atoms with van der Waals surface area (Å²) >= 11 is 0. The molecule has 3 rings (SSSR count). The SMILES string of the molecule is COc1ccc(CC(=O)N2CCC(C(=O)NCCc3ccccc3)CC2)cc1. The van der Waals surface area contributed by atoms with Crippen molar-refractivity contribution in [2.45, 2.75) is 25.7 Å². The van der Waals surface area contributed by atoms with Gasteiger partial charge in [-0.3, -0.25) is 9.59 Å². The third-order valence-electron chi connectivity index (χ3n) is 5.29. The second-order valence-electron chi connectivity index (χ2n) is 7.21. The molecule has 0 unspecified atom stereocenters. The van der Waals surface area contributed by atoms with Crippen LogP contribution in [-0.2, 0) is 22.4 Å². The second-order valence-corrected chi connectivity index (χ2v) is 7.21. The average molecular weight is 380 g/mol. The molecule has 1 saturated heterocycles. The van der Waals surface area contributed by atoms with E-state index in [-0.39, 0.29) is 17.7 Å². The Labute approximate surface area is 166 Å². The van der Waals surface area contributed by atoms with Crippen LogP contribution in [-0.4, -0.2) is 43.5 Å². The maximum Gasteiger partial charge on any atom is 0.226 e. The van der Waals surface area contributed by atoms with Crippen LogP contribution in [0.3, 0.4) is 0 Å². The van der Waals surface area contributed by atoms with E-state index in [9.17, 15) is 9.59 Å². The third-order valence-corrected chi connectivity index (χ3v) is 5.29. The fourth-order valence-electron chi connectivity index (χ4n) is 3.54. The minimum Gasteiger partial charge on any atom is -0.497 e. The van der Waals surface area contributed by atoms with Gasteiger partial charge in [0, 0.05) is 25.6 Å². The van der Waals surface area contributed by atoms with Crippen LogP contribution in [0.1, 0.15) is 24.0 Å². The number of methoxy groups -OCH3 is 1. The lowest BCUT2D eigenvalue weighted by molar-refractivity contribution is -0.135. The lowest BCUT2D eigenvalue weighted by Crippen LogP contribution is -2.43. The molecule has 2 aromatic rings. The lowest BCUT2D eigenvalue weighted by atomic mass is 9.95. The highest BCUT2D eigenvalue weighted by atomic mass is 16.5. The Morgan fingerprint density at radius 2 is 1.68 bits per heavy atom. The van der Waals surface area contributed by atoms with Crippen LogP contribution in [0, 0.1) is 5.92 Å². The number of likely N-dealkylation sites (tertiary alicyclic amines) is 1. The summed E-state index contributed by atoms with van der Waals surface area (Å²) < 4.78 is 5.14. The minimum absolute atomic E-state index is 0.000750. The first kappa shape index (κ1) is 19.9. The van der Waals surface area contributed by atoms with Gasteiger partial charge in [-0.25, -0.2) is 0 Å². The molecule has 0 radical (unpaired) electrons. The summed E-state index contributed by atoms with van der Waals surface area (Å²) in [6.07, 6.45) is 2.68. The molecule has 5 nitrogen and oxygen atoms in total. The molecule has 0 aliphatic carbocycles. The molecule has 1 N–H and O–H groups in total. The monoisotopic (exact) mass is 380 g/mol. The molecule has 5 heteroatoms. The molecule has 148 valence electrons. The standard InChI is InChI=1S/C23H28N2O3/c1-28-21-9-7-19(8-10-21)17-22(26)25-15-12-20(13-16-25)23(27)24-14-11-18-5-3-2-4-6-18/h2-10,20H,11-17H2,1H3,(H,24,27). The van der Waals surface area contributed by atoms with Crippen molar-refractivity contribution < 1.29 is 14.3 Å². The number of hydrogen-bond donors (Lipinski definition) is 1. The Hall–Kier alpha value is -2.82. The van der Waals surface area contributed by atoms with E-state index in [0.717, 1.165) is 30.6 Å². The van der Waals surface area contributed by atoms with Gasteiger partial charge in [-0.2, -0.15) is 0 Å². The molecule has 28 heavy (non-hydrogen) atoms. The fourth-order valence-corrected chi connectivity index (χ4v) is 3.54. The van der Waals surface area contributed by atoms with Crippen molar-refractivity contribution in [3.63, 3.8) is 0 Å². The van der Waals surface area contributed by atoms with Gasteiger partial charge in [0.05, 0.1) is 13.5 Å². The minimum atomic E-state index is 0.000750. The van der Waals surface area contributed by atoms with Gasteiger partial charge in [0.2, 0.25) is 11.8 Å². The van der Waals surface area contributed by atoms with Crippen LogP contribution in [0.2, 0.25) is 0 Å². The zero-order valence-corrected chi connectivity index (χ0v) is 16.4. The third kappa shape index (κ3) is 5.59. The van der Waals surface area contributed by atoms with E-state index in [4.69, 9.17) is 4.74 Å². The number of benzene rings is 2. The Bertz CT molecular complexity index is 766. The molecule has 0 bridgehead atoms. The normalized spacial score (nSPS) is 14.5. The van der Waals surface area contributed by atoms with Crippen LogP contribution in [0.5, 0.6) is 5.75 Å². The van der Waals surface area contributed by atoms with E-state index in [0.29, 0.717) is 26.1 Å². The van der Waals surface area contributed by atoms with E-state index in [1.54, 1.807) is 7.11 Å². The molecule has 2 amide bonds. The van der Waals surface area contributed by atoms with Crippen molar-refractivity contribution in [3.05, 3.63) is 65.7 Å². The zero-order chi connectivity index (χ0) is 19.8. The average Bonchev–Trinajstić information content (AvgIpc) is 2.75. The van der Waals surface area contributed by atoms with Gasteiger partial charge >= 0.3 is 0 Å². The number of nitrogens with one attached hydrogen (secondary N) is 1. The first-order chi connectivity index (χ1) is 13.7. The van der Waals surface area contributed by atoms with Crippen LogP contribution >= 0.6 is 0 Å². The van der Waals surface area contributed by atoms with Gasteiger partial charge in [0.15, 0.2) is 0 Å². The summed E-state index contributed by atoms with van der Waals surface area (Å²) in [5.74, 6) is 1.02. The van der Waals surface area contributed by atoms with Gasteiger partial charge in [-0.15, -0.1) is 0 Å². The number of hydrogen-bond acceptors (Lipinski definition) is 3. The van der Waals surface area contributed by atoms with Crippen molar-refractivity contribution >= 4 is 11.8 Å². The molecule has 1 aliphatic heterocycles. The number of carbonyl (C=O) groups excluding carboxylic acids is 2. The van der Waals surface area contributed by atoms with Crippen molar-refractivity contribution in [1.29, 1.82) is 0 Å². The summed E-state index contributed by atoms with van der Waals surface area (Å²) in [6.45, 7) is 1.94. The summed E-state index contributed by atoms with van der Waals surface area (Å²) in [6, 6.07) is 17.7. The van der Waals surface area contributed by atoms with Crippen LogP contribution < -0.4 is 10.1 Å². The van der Waals surface area contributed by atoms with Gasteiger partial charge in [-0.05, 0) is 42.5 Å². The summed E-state index contributed by atoms with van der Waals surface area (Å²) in [5.41, 5.74) is 2.20. The topological polar surface area (TPSA) is 58.6 Å². The van der Waals surface area contributed by atoms with Crippen LogP contribution in [0.4, 0.5) is 0 Å². The number of piperidine rings is 1. The van der Waals surface area contributed by atoms with Crippen LogP contribution in [0.15, 0.2) is 54.6 Å². The van der Waals surface area contributed by atoms with Gasteiger partial charge < -0.3 is 15.0 Å². The molecule has 1 fully saturated rings. The maximum atomic E-state index is 12.5. The molecule has 0 aromatic heterocycles. The van der Waals surface area contributed by atoms with E-state index < -0.39 is 0 Å². The first-order valence-electron chi connectivity index (χ1n) is 9.88. The van der Waals surface area contributed by atoms with Gasteiger partial charge in [0.1, 0.15) is 5.75 Å². The fraction of sp³-hybridized carbons (Fsp3) is 0.391. The predicted octanol–water partition coefficient (Wildman–Crippen LogP) is 2.84. The van der Waals surface area contributed by atoms with Crippen molar-refractivity contribution in [1.82, 2.24) is 10.2 Å². The molecular weight excluding hydrogens is 352 g/mol. The van der Waals surface area contributed by atoms with Gasteiger partial charge in [0.25, 0.3) is 0 Å². The number of ether oxygens (including phenoxy) is 1. The molecular formula is C23H28N2O3. The number of rotatable bonds is 7.